The maximum Gasteiger partial charge on any atom is 0.248 e. The number of nitrogens with zero attached hydrogens (tertiary/aromatic N) is 4. The molecular formula is C16H24N4O4S. The van der Waals surface area contributed by atoms with E-state index in [1.807, 2.05) is 0 Å². The van der Waals surface area contributed by atoms with Crippen LogP contribution in [-0.2, 0) is 16.4 Å². The van der Waals surface area contributed by atoms with Gasteiger partial charge in [-0.1, -0.05) is 29.6 Å². The second kappa shape index (κ2) is 7.25. The zero-order valence-corrected chi connectivity index (χ0v) is 15.7. The molecule has 1 saturated carbocycles. The van der Waals surface area contributed by atoms with Gasteiger partial charge in [0.2, 0.25) is 15.9 Å². The number of likely N-dealkylation sites (N-methyl/N-ethyl adjacent to an activating group) is 1. The van der Waals surface area contributed by atoms with Gasteiger partial charge in [-0.3, -0.25) is 0 Å². The van der Waals surface area contributed by atoms with Crippen molar-refractivity contribution in [3.05, 3.63) is 23.2 Å². The fraction of sp³-hybridized carbons (Fsp3) is 0.688. The fourth-order valence-corrected chi connectivity index (χ4v) is 4.72. The van der Waals surface area contributed by atoms with Crippen LogP contribution in [0.4, 0.5) is 0 Å². The lowest BCUT2D eigenvalue weighted by Gasteiger charge is -2.17. The summed E-state index contributed by atoms with van der Waals surface area (Å²) in [5.41, 5.74) is 0.364. The average Bonchev–Trinajstić information content (AvgIpc) is 3.20. The third-order valence-electron chi connectivity index (χ3n) is 4.72. The summed E-state index contributed by atoms with van der Waals surface area (Å²) in [5, 5.41) is 7.72. The van der Waals surface area contributed by atoms with Crippen molar-refractivity contribution in [1.29, 1.82) is 0 Å². The SMILES string of the molecule is Cc1noc(C)c1S(=O)(=O)N(C)CCc1noc(C2CCCCC2)n1. The van der Waals surface area contributed by atoms with E-state index in [9.17, 15) is 8.42 Å². The number of hydrogen-bond donors (Lipinski definition) is 0. The largest absolute Gasteiger partial charge is 0.360 e. The molecule has 0 radical (unpaired) electrons. The molecule has 2 heterocycles. The summed E-state index contributed by atoms with van der Waals surface area (Å²) in [6.07, 6.45) is 6.22. The molecule has 0 N–H and O–H groups in total. The molecule has 0 amide bonds. The molecule has 2 aromatic rings. The van der Waals surface area contributed by atoms with Crippen LogP contribution >= 0.6 is 0 Å². The second-order valence-electron chi connectivity index (χ2n) is 6.61. The normalized spacial score (nSPS) is 16.6. The van der Waals surface area contributed by atoms with Gasteiger partial charge in [0.1, 0.15) is 10.6 Å². The van der Waals surface area contributed by atoms with E-state index < -0.39 is 10.0 Å². The van der Waals surface area contributed by atoms with Crippen LogP contribution in [0.25, 0.3) is 0 Å². The lowest BCUT2D eigenvalue weighted by molar-refractivity contribution is 0.311. The van der Waals surface area contributed by atoms with Crippen LogP contribution in [0.15, 0.2) is 13.9 Å². The molecule has 8 nitrogen and oxygen atoms in total. The minimum Gasteiger partial charge on any atom is -0.360 e. The van der Waals surface area contributed by atoms with Gasteiger partial charge >= 0.3 is 0 Å². The Morgan fingerprint density at radius 1 is 1.12 bits per heavy atom. The maximum atomic E-state index is 12.7. The van der Waals surface area contributed by atoms with Gasteiger partial charge in [0, 0.05) is 25.9 Å². The van der Waals surface area contributed by atoms with Crippen LogP contribution in [0.1, 0.15) is 61.2 Å². The van der Waals surface area contributed by atoms with Gasteiger partial charge in [-0.25, -0.2) is 12.7 Å². The van der Waals surface area contributed by atoms with Crippen LogP contribution in [0, 0.1) is 13.8 Å². The van der Waals surface area contributed by atoms with Crippen LogP contribution in [0.2, 0.25) is 0 Å². The Kier molecular flexibility index (Phi) is 5.24. The molecule has 1 aliphatic rings. The van der Waals surface area contributed by atoms with Crippen molar-refractivity contribution in [3.8, 4) is 0 Å². The van der Waals surface area contributed by atoms with Gasteiger partial charge in [-0.15, -0.1) is 0 Å². The van der Waals surface area contributed by atoms with Crippen molar-refractivity contribution in [2.75, 3.05) is 13.6 Å². The van der Waals surface area contributed by atoms with Gasteiger partial charge in [-0.2, -0.15) is 4.98 Å². The van der Waals surface area contributed by atoms with Crippen molar-refractivity contribution in [2.45, 2.75) is 63.2 Å². The number of hydrogen-bond acceptors (Lipinski definition) is 7. The van der Waals surface area contributed by atoms with E-state index in [4.69, 9.17) is 9.05 Å². The molecule has 1 aliphatic carbocycles. The Morgan fingerprint density at radius 2 is 1.84 bits per heavy atom. The van der Waals surface area contributed by atoms with Crippen LogP contribution < -0.4 is 0 Å². The monoisotopic (exact) mass is 368 g/mol. The van der Waals surface area contributed by atoms with Crippen molar-refractivity contribution in [1.82, 2.24) is 19.6 Å². The molecule has 0 unspecified atom stereocenters. The highest BCUT2D eigenvalue weighted by molar-refractivity contribution is 7.89. The zero-order valence-electron chi connectivity index (χ0n) is 14.9. The summed E-state index contributed by atoms with van der Waals surface area (Å²) >= 11 is 0. The van der Waals surface area contributed by atoms with Gasteiger partial charge in [0.25, 0.3) is 0 Å². The molecule has 138 valence electrons. The summed E-state index contributed by atoms with van der Waals surface area (Å²) in [7, 11) is -2.12. The Bertz CT molecular complexity index is 802. The molecule has 2 aromatic heterocycles. The second-order valence-corrected chi connectivity index (χ2v) is 8.60. The fourth-order valence-electron chi connectivity index (χ4n) is 3.26. The van der Waals surface area contributed by atoms with E-state index in [0.717, 1.165) is 12.8 Å². The minimum absolute atomic E-state index is 0.131. The maximum absolute atomic E-state index is 12.7. The van der Waals surface area contributed by atoms with Gasteiger partial charge in [0.05, 0.1) is 0 Å². The number of rotatable bonds is 6. The third-order valence-corrected chi connectivity index (χ3v) is 6.83. The molecule has 3 rings (SSSR count). The van der Waals surface area contributed by atoms with Crippen molar-refractivity contribution in [3.63, 3.8) is 0 Å². The summed E-state index contributed by atoms with van der Waals surface area (Å²) < 4.78 is 37.0. The molecule has 9 heteroatoms. The summed E-state index contributed by atoms with van der Waals surface area (Å²) in [5.74, 6) is 1.87. The highest BCUT2D eigenvalue weighted by atomic mass is 32.2. The highest BCUT2D eigenvalue weighted by Gasteiger charge is 2.29. The average molecular weight is 368 g/mol. The molecule has 0 atom stereocenters. The quantitative estimate of drug-likeness (QED) is 0.772. The molecular weight excluding hydrogens is 344 g/mol. The van der Waals surface area contributed by atoms with Crippen molar-refractivity contribution in [2.24, 2.45) is 0 Å². The van der Waals surface area contributed by atoms with E-state index in [0.29, 0.717) is 35.5 Å². The van der Waals surface area contributed by atoms with E-state index in [2.05, 4.69) is 15.3 Å². The third kappa shape index (κ3) is 3.77. The predicted molar refractivity (Wildman–Crippen MR) is 89.6 cm³/mol. The Balaban J connectivity index is 1.64. The van der Waals surface area contributed by atoms with Crippen LogP contribution in [0.5, 0.6) is 0 Å². The first-order valence-electron chi connectivity index (χ1n) is 8.61. The van der Waals surface area contributed by atoms with Crippen LogP contribution in [0.3, 0.4) is 0 Å². The summed E-state index contributed by atoms with van der Waals surface area (Å²) in [6, 6.07) is 0. The predicted octanol–water partition coefficient (Wildman–Crippen LogP) is 2.59. The van der Waals surface area contributed by atoms with E-state index >= 15 is 0 Å². The van der Waals surface area contributed by atoms with E-state index in [1.54, 1.807) is 13.8 Å². The smallest absolute Gasteiger partial charge is 0.248 e. The molecule has 0 spiro atoms. The minimum atomic E-state index is -3.65. The molecule has 25 heavy (non-hydrogen) atoms. The number of aromatic nitrogens is 3. The van der Waals surface area contributed by atoms with Gasteiger partial charge in [0.15, 0.2) is 11.6 Å². The topological polar surface area (TPSA) is 102 Å². The van der Waals surface area contributed by atoms with Gasteiger partial charge < -0.3 is 9.05 Å². The lowest BCUT2D eigenvalue weighted by Crippen LogP contribution is -2.30. The molecule has 1 fully saturated rings. The van der Waals surface area contributed by atoms with Crippen molar-refractivity contribution < 1.29 is 17.5 Å². The number of aryl methyl sites for hydroxylation is 2. The van der Waals surface area contributed by atoms with E-state index in [-0.39, 0.29) is 11.4 Å². The summed E-state index contributed by atoms with van der Waals surface area (Å²) in [4.78, 5) is 4.59. The molecule has 0 bridgehead atoms. The first-order valence-corrected chi connectivity index (χ1v) is 10.1. The zero-order chi connectivity index (χ0) is 18.0. The standard InChI is InChI=1S/C16H24N4O4S/c1-11-15(12(2)23-18-11)25(21,22)20(3)10-9-14-17-16(24-19-14)13-7-5-4-6-8-13/h13H,4-10H2,1-3H3. The number of sulfonamides is 1. The highest BCUT2D eigenvalue weighted by Crippen LogP contribution is 2.31. The summed E-state index contributed by atoms with van der Waals surface area (Å²) in [6.45, 7) is 3.47. The Hall–Kier alpha value is -1.74. The Morgan fingerprint density at radius 3 is 2.48 bits per heavy atom. The van der Waals surface area contributed by atoms with Crippen LogP contribution in [-0.4, -0.2) is 41.6 Å². The first-order chi connectivity index (χ1) is 11.9. The van der Waals surface area contributed by atoms with E-state index in [1.165, 1.54) is 30.6 Å². The molecule has 0 aliphatic heterocycles. The lowest BCUT2D eigenvalue weighted by atomic mass is 9.89. The first kappa shape index (κ1) is 18.1. The van der Waals surface area contributed by atoms with Gasteiger partial charge in [-0.05, 0) is 26.7 Å². The molecule has 0 saturated heterocycles. The molecule has 0 aromatic carbocycles. The van der Waals surface area contributed by atoms with Crippen molar-refractivity contribution >= 4 is 10.0 Å². The Labute approximate surface area is 147 Å².